The zero-order valence-corrected chi connectivity index (χ0v) is 19.0. The number of hydrogen-bond donors (Lipinski definition) is 2. The highest BCUT2D eigenvalue weighted by molar-refractivity contribution is 7.92. The molecule has 10 nitrogen and oxygen atoms in total. The van der Waals surface area contributed by atoms with Crippen molar-refractivity contribution in [1.29, 1.82) is 0 Å². The third-order valence-corrected chi connectivity index (χ3v) is 6.26. The number of para-hydroxylation sites is 1. The van der Waals surface area contributed by atoms with E-state index < -0.39 is 21.7 Å². The number of methoxy groups -OCH3 is 2. The molecule has 2 N–H and O–H groups in total. The minimum atomic E-state index is -4.27. The van der Waals surface area contributed by atoms with Gasteiger partial charge in [0.05, 0.1) is 36.9 Å². The molecule has 4 aromatic rings. The number of ether oxygens (including phenoxy) is 2. The van der Waals surface area contributed by atoms with Crippen molar-refractivity contribution in [3.8, 4) is 11.5 Å². The molecule has 2 aromatic heterocycles. The van der Waals surface area contributed by atoms with Gasteiger partial charge in [-0.15, -0.1) is 10.2 Å². The maximum Gasteiger partial charge on any atom is 0.262 e. The second-order valence-electron chi connectivity index (χ2n) is 7.02. The van der Waals surface area contributed by atoms with Gasteiger partial charge < -0.3 is 14.8 Å². The molecule has 2 heterocycles. The molecule has 0 aliphatic heterocycles. The van der Waals surface area contributed by atoms with Crippen LogP contribution in [0.3, 0.4) is 0 Å². The van der Waals surface area contributed by atoms with Crippen molar-refractivity contribution >= 4 is 27.3 Å². The number of fused-ring (bicyclic) bond motifs is 1. The summed E-state index contributed by atoms with van der Waals surface area (Å²) in [5, 5.41) is 10.8. The average molecular weight is 485 g/mol. The molecule has 0 spiro atoms. The Hall–Kier alpha value is -4.19. The number of amides is 1. The third kappa shape index (κ3) is 4.48. The number of sulfonamides is 1. The lowest BCUT2D eigenvalue weighted by Gasteiger charge is -2.16. The Kier molecular flexibility index (Phi) is 6.32. The van der Waals surface area contributed by atoms with Crippen molar-refractivity contribution in [2.24, 2.45) is 0 Å². The molecule has 0 bridgehead atoms. The maximum absolute atomic E-state index is 14.0. The summed E-state index contributed by atoms with van der Waals surface area (Å²) < 4.78 is 54.4. The number of carbonyl (C=O) groups is 1. The smallest absolute Gasteiger partial charge is 0.262 e. The Balaban J connectivity index is 1.66. The predicted molar refractivity (Wildman–Crippen MR) is 121 cm³/mol. The highest BCUT2D eigenvalue weighted by Crippen LogP contribution is 2.35. The van der Waals surface area contributed by atoms with Crippen LogP contribution in [-0.4, -0.2) is 43.1 Å². The van der Waals surface area contributed by atoms with Crippen LogP contribution in [0.2, 0.25) is 0 Å². The highest BCUT2D eigenvalue weighted by atomic mass is 32.2. The van der Waals surface area contributed by atoms with Crippen LogP contribution >= 0.6 is 0 Å². The van der Waals surface area contributed by atoms with E-state index in [1.54, 1.807) is 22.7 Å². The van der Waals surface area contributed by atoms with E-state index in [1.165, 1.54) is 38.5 Å². The molecule has 0 saturated heterocycles. The largest absolute Gasteiger partial charge is 0.493 e. The molecule has 176 valence electrons. The van der Waals surface area contributed by atoms with Crippen LogP contribution in [-0.2, 0) is 16.6 Å². The molecular weight excluding hydrogens is 465 g/mol. The molecule has 2 aromatic carbocycles. The van der Waals surface area contributed by atoms with Crippen LogP contribution < -0.4 is 19.5 Å². The fourth-order valence-electron chi connectivity index (χ4n) is 3.28. The molecule has 0 aliphatic carbocycles. The van der Waals surface area contributed by atoms with Crippen molar-refractivity contribution in [3.05, 3.63) is 78.0 Å². The van der Waals surface area contributed by atoms with Crippen molar-refractivity contribution in [3.63, 3.8) is 0 Å². The van der Waals surface area contributed by atoms with E-state index in [0.717, 1.165) is 12.1 Å². The van der Waals surface area contributed by atoms with Crippen LogP contribution in [0.25, 0.3) is 5.65 Å². The SMILES string of the molecule is COc1cc(S(=O)(=O)Nc2ccccc2F)cc(C(=O)NCc2nnc3ccccn23)c1OC. The van der Waals surface area contributed by atoms with Crippen LogP contribution in [0.15, 0.2) is 65.7 Å². The molecule has 12 heteroatoms. The van der Waals surface area contributed by atoms with Gasteiger partial charge in [0.15, 0.2) is 23.0 Å². The summed E-state index contributed by atoms with van der Waals surface area (Å²) in [6.45, 7) is 0.0138. The molecule has 0 aliphatic rings. The van der Waals surface area contributed by atoms with Gasteiger partial charge in [0.2, 0.25) is 0 Å². The van der Waals surface area contributed by atoms with E-state index >= 15 is 0 Å². The molecule has 0 radical (unpaired) electrons. The molecule has 0 fully saturated rings. The molecule has 0 unspecified atom stereocenters. The van der Waals surface area contributed by atoms with Crippen LogP contribution in [0.1, 0.15) is 16.2 Å². The maximum atomic E-state index is 14.0. The van der Waals surface area contributed by atoms with Crippen molar-refractivity contribution < 1.29 is 27.1 Å². The summed E-state index contributed by atoms with van der Waals surface area (Å²) in [5.41, 5.74) is 0.282. The Morgan fingerprint density at radius 1 is 1.06 bits per heavy atom. The van der Waals surface area contributed by atoms with Gasteiger partial charge in [-0.2, -0.15) is 0 Å². The fourth-order valence-corrected chi connectivity index (χ4v) is 4.38. The van der Waals surface area contributed by atoms with Gasteiger partial charge in [-0.05, 0) is 30.3 Å². The highest BCUT2D eigenvalue weighted by Gasteiger charge is 2.25. The lowest BCUT2D eigenvalue weighted by atomic mass is 10.1. The standard InChI is InChI=1S/C22H20FN5O5S/c1-32-18-12-14(34(30,31)27-17-8-4-3-7-16(17)23)11-15(21(18)33-2)22(29)24-13-20-26-25-19-9-5-6-10-28(19)20/h3-12,27H,13H2,1-2H3,(H,24,29). The third-order valence-electron chi connectivity index (χ3n) is 4.92. The number of carbonyl (C=O) groups excluding carboxylic acids is 1. The number of pyridine rings is 1. The van der Waals surface area contributed by atoms with Gasteiger partial charge in [0, 0.05) is 12.3 Å². The Morgan fingerprint density at radius 2 is 1.82 bits per heavy atom. The van der Waals surface area contributed by atoms with Gasteiger partial charge in [-0.3, -0.25) is 13.9 Å². The summed E-state index contributed by atoms with van der Waals surface area (Å²) in [5.74, 6) is -0.858. The molecule has 0 saturated carbocycles. The van der Waals surface area contributed by atoms with Gasteiger partial charge >= 0.3 is 0 Å². The normalized spacial score (nSPS) is 11.3. The van der Waals surface area contributed by atoms with E-state index in [9.17, 15) is 17.6 Å². The van der Waals surface area contributed by atoms with Crippen LogP contribution in [0.5, 0.6) is 11.5 Å². The zero-order chi connectivity index (χ0) is 24.3. The first-order valence-electron chi connectivity index (χ1n) is 9.94. The molecule has 0 atom stereocenters. The monoisotopic (exact) mass is 485 g/mol. The van der Waals surface area contributed by atoms with E-state index in [1.807, 2.05) is 6.07 Å². The number of benzene rings is 2. The number of anilines is 1. The van der Waals surface area contributed by atoms with Crippen molar-refractivity contribution in [2.45, 2.75) is 11.4 Å². The zero-order valence-electron chi connectivity index (χ0n) is 18.1. The second-order valence-corrected chi connectivity index (χ2v) is 8.70. The topological polar surface area (TPSA) is 124 Å². The summed E-state index contributed by atoms with van der Waals surface area (Å²) in [6.07, 6.45) is 1.75. The van der Waals surface area contributed by atoms with Crippen molar-refractivity contribution in [2.75, 3.05) is 18.9 Å². The lowest BCUT2D eigenvalue weighted by Crippen LogP contribution is -2.25. The first-order valence-corrected chi connectivity index (χ1v) is 11.4. The summed E-state index contributed by atoms with van der Waals surface area (Å²) in [4.78, 5) is 12.7. The number of nitrogens with one attached hydrogen (secondary N) is 2. The fraction of sp³-hybridized carbons (Fsp3) is 0.136. The van der Waals surface area contributed by atoms with Gasteiger partial charge in [0.1, 0.15) is 5.82 Å². The quantitative estimate of drug-likeness (QED) is 0.393. The Labute approximate surface area is 194 Å². The van der Waals surface area contributed by atoms with E-state index in [4.69, 9.17) is 9.47 Å². The Bertz CT molecular complexity index is 1470. The number of halogens is 1. The Morgan fingerprint density at radius 3 is 2.56 bits per heavy atom. The predicted octanol–water partition coefficient (Wildman–Crippen LogP) is 2.62. The molecule has 4 rings (SSSR count). The van der Waals surface area contributed by atoms with Crippen LogP contribution in [0, 0.1) is 5.82 Å². The first-order chi connectivity index (χ1) is 16.3. The number of rotatable bonds is 8. The van der Waals surface area contributed by atoms with Gasteiger partial charge in [0.25, 0.3) is 15.9 Å². The van der Waals surface area contributed by atoms with Crippen molar-refractivity contribution in [1.82, 2.24) is 19.9 Å². The average Bonchev–Trinajstić information content (AvgIpc) is 3.26. The molecule has 1 amide bonds. The molecule has 34 heavy (non-hydrogen) atoms. The van der Waals surface area contributed by atoms with E-state index in [-0.39, 0.29) is 34.2 Å². The van der Waals surface area contributed by atoms with Gasteiger partial charge in [-0.1, -0.05) is 18.2 Å². The second kappa shape index (κ2) is 9.35. The minimum Gasteiger partial charge on any atom is -0.493 e. The first kappa shape index (κ1) is 23.0. The van der Waals surface area contributed by atoms with E-state index in [0.29, 0.717) is 11.5 Å². The summed E-state index contributed by atoms with van der Waals surface area (Å²) in [6, 6.07) is 13.0. The molecular formula is C22H20FN5O5S. The van der Waals surface area contributed by atoms with Crippen LogP contribution in [0.4, 0.5) is 10.1 Å². The summed E-state index contributed by atoms with van der Waals surface area (Å²) >= 11 is 0. The minimum absolute atomic E-state index is 0.0111. The lowest BCUT2D eigenvalue weighted by molar-refractivity contribution is 0.0945. The number of aromatic nitrogens is 3. The number of hydrogen-bond acceptors (Lipinski definition) is 7. The number of nitrogens with zero attached hydrogens (tertiary/aromatic N) is 3. The summed E-state index contributed by atoms with van der Waals surface area (Å²) in [7, 11) is -1.63. The van der Waals surface area contributed by atoms with Gasteiger partial charge in [-0.25, -0.2) is 12.8 Å². The van der Waals surface area contributed by atoms with E-state index in [2.05, 4.69) is 20.2 Å².